The Morgan fingerprint density at radius 2 is 1.89 bits per heavy atom. The summed E-state index contributed by atoms with van der Waals surface area (Å²) in [7, 11) is 2.21. The summed E-state index contributed by atoms with van der Waals surface area (Å²) in [5.74, 6) is 2.91. The van der Waals surface area contributed by atoms with E-state index in [9.17, 15) is 0 Å². The van der Waals surface area contributed by atoms with Crippen molar-refractivity contribution >= 4 is 0 Å². The number of piperidine rings is 1. The smallest absolute Gasteiger partial charge is 0.226 e. The van der Waals surface area contributed by atoms with Gasteiger partial charge >= 0.3 is 0 Å². The van der Waals surface area contributed by atoms with Crippen LogP contribution in [-0.4, -0.2) is 52.7 Å². The Morgan fingerprint density at radius 1 is 1.07 bits per heavy atom. The summed E-state index contributed by atoms with van der Waals surface area (Å²) in [4.78, 5) is 9.97. The van der Waals surface area contributed by atoms with Crippen molar-refractivity contribution in [2.45, 2.75) is 56.5 Å². The van der Waals surface area contributed by atoms with E-state index in [4.69, 9.17) is 9.51 Å². The van der Waals surface area contributed by atoms with Gasteiger partial charge < -0.3 is 9.42 Å². The number of hydrogen-bond donors (Lipinski definition) is 0. The van der Waals surface area contributed by atoms with E-state index in [1.807, 2.05) is 0 Å². The lowest BCUT2D eigenvalue weighted by Gasteiger charge is -2.27. The molecule has 0 saturated carbocycles. The van der Waals surface area contributed by atoms with Crippen molar-refractivity contribution in [1.29, 1.82) is 0 Å². The molecule has 144 valence electrons. The van der Waals surface area contributed by atoms with E-state index in [2.05, 4.69) is 52.3 Å². The number of benzene rings is 1. The van der Waals surface area contributed by atoms with Crippen molar-refractivity contribution in [2.75, 3.05) is 26.7 Å². The van der Waals surface area contributed by atoms with Crippen LogP contribution in [0.3, 0.4) is 0 Å². The predicted molar refractivity (Wildman–Crippen MR) is 104 cm³/mol. The van der Waals surface area contributed by atoms with E-state index in [1.54, 1.807) is 0 Å². The maximum atomic E-state index is 5.70. The molecule has 3 fully saturated rings. The van der Waals surface area contributed by atoms with Gasteiger partial charge in [-0.3, -0.25) is 4.90 Å². The van der Waals surface area contributed by atoms with E-state index >= 15 is 0 Å². The average molecular weight is 367 g/mol. The zero-order valence-corrected chi connectivity index (χ0v) is 16.3. The summed E-state index contributed by atoms with van der Waals surface area (Å²) in [6.45, 7) is 3.56. The van der Waals surface area contributed by atoms with Gasteiger partial charge in [0.1, 0.15) is 0 Å². The summed E-state index contributed by atoms with van der Waals surface area (Å²) in [5, 5.41) is 4.44. The first kappa shape index (κ1) is 17.4. The molecule has 0 unspecified atom stereocenters. The molecule has 1 aromatic carbocycles. The number of hydrogen-bond acceptors (Lipinski definition) is 5. The summed E-state index contributed by atoms with van der Waals surface area (Å²) < 4.78 is 5.70. The zero-order valence-electron chi connectivity index (χ0n) is 16.3. The second-order valence-corrected chi connectivity index (χ2v) is 8.71. The quantitative estimate of drug-likeness (QED) is 0.826. The Morgan fingerprint density at radius 3 is 2.70 bits per heavy atom. The van der Waals surface area contributed by atoms with Gasteiger partial charge in [-0.1, -0.05) is 35.5 Å². The fraction of sp³-hybridized carbons (Fsp3) is 0.636. The van der Waals surface area contributed by atoms with Crippen molar-refractivity contribution in [1.82, 2.24) is 19.9 Å². The molecule has 1 aromatic heterocycles. The molecule has 0 bridgehead atoms. The summed E-state index contributed by atoms with van der Waals surface area (Å²) >= 11 is 0. The largest absolute Gasteiger partial charge is 0.339 e. The topological polar surface area (TPSA) is 45.4 Å². The standard InChI is InChI=1S/C22H30N4O/c1-25-12-9-16(10-13-25)14-21-23-22(24-27-21)18-15-20(17-6-3-2-4-7-17)26-11-5-8-19(18)26/h2-4,6-7,16,18-20H,5,8-15H2,1H3/t18-,19+,20-/m1/s1. The number of nitrogens with zero attached hydrogens (tertiary/aromatic N) is 4. The van der Waals surface area contributed by atoms with Crippen LogP contribution in [0.15, 0.2) is 34.9 Å². The molecule has 4 heterocycles. The molecule has 3 saturated heterocycles. The first-order chi connectivity index (χ1) is 13.3. The Labute approximate surface area is 161 Å². The van der Waals surface area contributed by atoms with Gasteiger partial charge in [-0.05, 0) is 70.3 Å². The molecule has 5 rings (SSSR count). The van der Waals surface area contributed by atoms with Gasteiger partial charge in [-0.15, -0.1) is 0 Å². The van der Waals surface area contributed by atoms with Gasteiger partial charge in [-0.25, -0.2) is 0 Å². The summed E-state index contributed by atoms with van der Waals surface area (Å²) in [6, 6.07) is 12.0. The molecular formula is C22H30N4O. The van der Waals surface area contributed by atoms with Crippen molar-refractivity contribution in [3.05, 3.63) is 47.6 Å². The summed E-state index contributed by atoms with van der Waals surface area (Å²) in [6.07, 6.45) is 7.08. The molecule has 0 N–H and O–H groups in total. The Kier molecular flexibility index (Phi) is 4.74. The van der Waals surface area contributed by atoms with E-state index < -0.39 is 0 Å². The lowest BCUT2D eigenvalue weighted by Crippen LogP contribution is -2.31. The van der Waals surface area contributed by atoms with Crippen LogP contribution >= 0.6 is 0 Å². The molecule has 3 atom stereocenters. The Bertz CT molecular complexity index is 753. The molecule has 5 heteroatoms. The molecule has 0 amide bonds. The van der Waals surface area contributed by atoms with Crippen LogP contribution in [-0.2, 0) is 6.42 Å². The number of likely N-dealkylation sites (tertiary alicyclic amines) is 1. The fourth-order valence-corrected chi connectivity index (χ4v) is 5.46. The monoisotopic (exact) mass is 366 g/mol. The highest BCUT2D eigenvalue weighted by Gasteiger charge is 2.46. The third-order valence-electron chi connectivity index (χ3n) is 6.99. The van der Waals surface area contributed by atoms with Crippen LogP contribution < -0.4 is 0 Å². The average Bonchev–Trinajstić information content (AvgIpc) is 3.41. The lowest BCUT2D eigenvalue weighted by molar-refractivity contribution is 0.208. The minimum atomic E-state index is 0.410. The normalized spacial score (nSPS) is 30.0. The molecule has 5 nitrogen and oxygen atoms in total. The van der Waals surface area contributed by atoms with Crippen LogP contribution in [0.1, 0.15) is 61.3 Å². The molecule has 0 aliphatic carbocycles. The minimum absolute atomic E-state index is 0.410. The van der Waals surface area contributed by atoms with Crippen LogP contribution in [0.5, 0.6) is 0 Å². The molecule has 27 heavy (non-hydrogen) atoms. The first-order valence-electron chi connectivity index (χ1n) is 10.6. The van der Waals surface area contributed by atoms with Gasteiger partial charge in [0.05, 0.1) is 0 Å². The van der Waals surface area contributed by atoms with Gasteiger partial charge in [-0.2, -0.15) is 4.98 Å². The van der Waals surface area contributed by atoms with Gasteiger partial charge in [0, 0.05) is 24.4 Å². The molecule has 3 aliphatic rings. The molecule has 0 spiro atoms. The molecule has 2 aromatic rings. The highest BCUT2D eigenvalue weighted by atomic mass is 16.5. The SMILES string of the molecule is CN1CCC(Cc2nc([C@@H]3C[C@H](c4ccccc4)N4CCC[C@@H]34)no2)CC1. The molecular weight excluding hydrogens is 336 g/mol. The molecule has 3 aliphatic heterocycles. The first-order valence-corrected chi connectivity index (χ1v) is 10.6. The van der Waals surface area contributed by atoms with E-state index in [0.29, 0.717) is 23.9 Å². The maximum Gasteiger partial charge on any atom is 0.226 e. The van der Waals surface area contributed by atoms with Crippen LogP contribution in [0, 0.1) is 5.92 Å². The number of rotatable bonds is 4. The third kappa shape index (κ3) is 3.43. The van der Waals surface area contributed by atoms with Crippen molar-refractivity contribution in [3.63, 3.8) is 0 Å². The number of aromatic nitrogens is 2. The lowest BCUT2D eigenvalue weighted by atomic mass is 9.93. The highest BCUT2D eigenvalue weighted by molar-refractivity contribution is 5.24. The fourth-order valence-electron chi connectivity index (χ4n) is 5.46. The van der Waals surface area contributed by atoms with E-state index in [1.165, 1.54) is 50.9 Å². The minimum Gasteiger partial charge on any atom is -0.339 e. The van der Waals surface area contributed by atoms with E-state index in [-0.39, 0.29) is 0 Å². The van der Waals surface area contributed by atoms with Crippen molar-refractivity contribution in [2.24, 2.45) is 5.92 Å². The number of fused-ring (bicyclic) bond motifs is 1. The van der Waals surface area contributed by atoms with Gasteiger partial charge in [0.15, 0.2) is 5.82 Å². The highest BCUT2D eigenvalue weighted by Crippen LogP contribution is 2.48. The summed E-state index contributed by atoms with van der Waals surface area (Å²) in [5.41, 5.74) is 1.43. The van der Waals surface area contributed by atoms with Gasteiger partial charge in [0.2, 0.25) is 5.89 Å². The Balaban J connectivity index is 1.31. The van der Waals surface area contributed by atoms with E-state index in [0.717, 1.165) is 24.6 Å². The van der Waals surface area contributed by atoms with Crippen molar-refractivity contribution < 1.29 is 4.52 Å². The Hall–Kier alpha value is -1.72. The maximum absolute atomic E-state index is 5.70. The molecule has 0 radical (unpaired) electrons. The van der Waals surface area contributed by atoms with Gasteiger partial charge in [0.25, 0.3) is 0 Å². The van der Waals surface area contributed by atoms with Crippen molar-refractivity contribution in [3.8, 4) is 0 Å². The van der Waals surface area contributed by atoms with Crippen LogP contribution in [0.4, 0.5) is 0 Å². The van der Waals surface area contributed by atoms with Crippen LogP contribution in [0.2, 0.25) is 0 Å². The predicted octanol–water partition coefficient (Wildman–Crippen LogP) is 3.65. The second-order valence-electron chi connectivity index (χ2n) is 8.71. The second kappa shape index (κ2) is 7.36. The van der Waals surface area contributed by atoms with Crippen LogP contribution in [0.25, 0.3) is 0 Å². The third-order valence-corrected chi connectivity index (χ3v) is 6.99. The zero-order chi connectivity index (χ0) is 18.2.